The first-order chi connectivity index (χ1) is 4.89. The molecule has 1 atom stereocenters. The Labute approximate surface area is 61.1 Å². The fourth-order valence-electron chi connectivity index (χ4n) is 2.54. The van der Waals surface area contributed by atoms with Crippen LogP contribution in [-0.4, -0.2) is 36.7 Å². The van der Waals surface area contributed by atoms with Crippen LogP contribution in [0.1, 0.15) is 12.8 Å². The molecular weight excluding hydrogens is 126 g/mol. The highest BCUT2D eigenvalue weighted by molar-refractivity contribution is 5.06. The summed E-state index contributed by atoms with van der Waals surface area (Å²) in [5.41, 5.74) is 0.372. The lowest BCUT2D eigenvalue weighted by Crippen LogP contribution is -2.52. The Morgan fingerprint density at radius 1 is 1.30 bits per heavy atom. The standard InChI is InChI=1S/C8H13NO/c1-3-9-4-2-7(1)8(5-9)6-10-8/h7H,1-6H2/t8-/m0/s1. The van der Waals surface area contributed by atoms with Crippen molar-refractivity contribution in [2.24, 2.45) is 5.92 Å². The van der Waals surface area contributed by atoms with E-state index < -0.39 is 0 Å². The van der Waals surface area contributed by atoms with Gasteiger partial charge in [-0.1, -0.05) is 0 Å². The minimum atomic E-state index is 0.372. The zero-order valence-corrected chi connectivity index (χ0v) is 6.18. The third-order valence-corrected chi connectivity index (χ3v) is 3.34. The third-order valence-electron chi connectivity index (χ3n) is 3.34. The molecule has 0 radical (unpaired) electrons. The average molecular weight is 139 g/mol. The van der Waals surface area contributed by atoms with Crippen molar-refractivity contribution in [3.05, 3.63) is 0 Å². The second-order valence-corrected chi connectivity index (χ2v) is 3.90. The van der Waals surface area contributed by atoms with Crippen LogP contribution >= 0.6 is 0 Å². The molecule has 4 fully saturated rings. The average Bonchev–Trinajstić information content (AvgIpc) is 2.72. The number of nitrogens with zero attached hydrogens (tertiary/aromatic N) is 1. The van der Waals surface area contributed by atoms with Crippen molar-refractivity contribution in [1.82, 2.24) is 4.90 Å². The topological polar surface area (TPSA) is 15.8 Å². The van der Waals surface area contributed by atoms with E-state index in [0.717, 1.165) is 12.5 Å². The van der Waals surface area contributed by atoms with Crippen molar-refractivity contribution in [2.45, 2.75) is 18.4 Å². The summed E-state index contributed by atoms with van der Waals surface area (Å²) in [6.45, 7) is 4.94. The fourth-order valence-corrected chi connectivity index (χ4v) is 2.54. The minimum Gasteiger partial charge on any atom is -0.368 e. The molecular formula is C8H13NO. The molecule has 56 valence electrons. The van der Waals surface area contributed by atoms with Crippen molar-refractivity contribution in [2.75, 3.05) is 26.2 Å². The molecule has 10 heavy (non-hydrogen) atoms. The van der Waals surface area contributed by atoms with Gasteiger partial charge in [-0.3, -0.25) is 0 Å². The van der Waals surface area contributed by atoms with Crippen molar-refractivity contribution >= 4 is 0 Å². The van der Waals surface area contributed by atoms with Crippen LogP contribution in [0.25, 0.3) is 0 Å². The molecule has 0 aromatic rings. The lowest BCUT2D eigenvalue weighted by atomic mass is 9.79. The minimum absolute atomic E-state index is 0.372. The van der Waals surface area contributed by atoms with Gasteiger partial charge >= 0.3 is 0 Å². The van der Waals surface area contributed by atoms with Gasteiger partial charge in [0.05, 0.1) is 6.61 Å². The van der Waals surface area contributed by atoms with Crippen LogP contribution in [-0.2, 0) is 4.74 Å². The number of epoxide rings is 1. The number of piperidine rings is 3. The molecule has 4 rings (SSSR count). The SMILES string of the molecule is C1CN2CCC1[C@@]1(CO1)C2. The Morgan fingerprint density at radius 2 is 2.00 bits per heavy atom. The van der Waals surface area contributed by atoms with Crippen molar-refractivity contribution in [3.8, 4) is 0 Å². The first kappa shape index (κ1) is 5.56. The van der Waals surface area contributed by atoms with E-state index in [1.54, 1.807) is 0 Å². The van der Waals surface area contributed by atoms with E-state index in [9.17, 15) is 0 Å². The summed E-state index contributed by atoms with van der Waals surface area (Å²) in [5.74, 6) is 0.914. The molecule has 0 unspecified atom stereocenters. The summed E-state index contributed by atoms with van der Waals surface area (Å²) < 4.78 is 5.53. The summed E-state index contributed by atoms with van der Waals surface area (Å²) in [4.78, 5) is 2.55. The summed E-state index contributed by atoms with van der Waals surface area (Å²) in [6, 6.07) is 0. The summed E-state index contributed by atoms with van der Waals surface area (Å²) in [7, 11) is 0. The molecule has 0 amide bonds. The number of rotatable bonds is 0. The van der Waals surface area contributed by atoms with E-state index >= 15 is 0 Å². The number of fused-ring (bicyclic) bond motifs is 2. The number of hydrogen-bond donors (Lipinski definition) is 0. The van der Waals surface area contributed by atoms with Gasteiger partial charge in [-0.2, -0.15) is 0 Å². The second-order valence-electron chi connectivity index (χ2n) is 3.90. The van der Waals surface area contributed by atoms with Gasteiger partial charge in [0.15, 0.2) is 0 Å². The van der Waals surface area contributed by atoms with Crippen LogP contribution in [0.2, 0.25) is 0 Å². The highest BCUT2D eigenvalue weighted by Gasteiger charge is 2.56. The molecule has 0 aliphatic carbocycles. The van der Waals surface area contributed by atoms with Gasteiger partial charge in [-0.15, -0.1) is 0 Å². The Morgan fingerprint density at radius 3 is 2.30 bits per heavy atom. The zero-order valence-electron chi connectivity index (χ0n) is 6.18. The maximum absolute atomic E-state index is 5.53. The first-order valence-corrected chi connectivity index (χ1v) is 4.25. The third kappa shape index (κ3) is 0.565. The fraction of sp³-hybridized carbons (Fsp3) is 1.00. The molecule has 4 aliphatic rings. The Bertz CT molecular complexity index is 157. The maximum atomic E-state index is 5.53. The van der Waals surface area contributed by atoms with Crippen LogP contribution in [0.15, 0.2) is 0 Å². The van der Waals surface area contributed by atoms with E-state index in [-0.39, 0.29) is 0 Å². The molecule has 0 aromatic heterocycles. The normalized spacial score (nSPS) is 57.6. The van der Waals surface area contributed by atoms with Crippen molar-refractivity contribution in [1.29, 1.82) is 0 Å². The van der Waals surface area contributed by atoms with Crippen LogP contribution in [0, 0.1) is 5.92 Å². The van der Waals surface area contributed by atoms with Gasteiger partial charge in [-0.05, 0) is 31.8 Å². The van der Waals surface area contributed by atoms with Crippen LogP contribution in [0.3, 0.4) is 0 Å². The van der Waals surface area contributed by atoms with E-state index in [1.165, 1.54) is 32.5 Å². The first-order valence-electron chi connectivity index (χ1n) is 4.25. The zero-order chi connectivity index (χ0) is 6.60. The Balaban J connectivity index is 1.90. The molecule has 0 saturated carbocycles. The summed E-state index contributed by atoms with van der Waals surface area (Å²) in [5, 5.41) is 0. The van der Waals surface area contributed by atoms with E-state index in [4.69, 9.17) is 4.74 Å². The number of ether oxygens (including phenoxy) is 1. The Kier molecular flexibility index (Phi) is 0.868. The van der Waals surface area contributed by atoms with Gasteiger partial charge in [-0.25, -0.2) is 0 Å². The van der Waals surface area contributed by atoms with Gasteiger partial charge in [0, 0.05) is 6.54 Å². The molecule has 4 aliphatic heterocycles. The molecule has 2 heteroatoms. The predicted octanol–water partition coefficient (Wildman–Crippen LogP) is 0.481. The van der Waals surface area contributed by atoms with E-state index in [1.807, 2.05) is 0 Å². The Hall–Kier alpha value is -0.0800. The van der Waals surface area contributed by atoms with E-state index in [2.05, 4.69) is 4.90 Å². The van der Waals surface area contributed by atoms with Crippen molar-refractivity contribution < 1.29 is 4.74 Å². The van der Waals surface area contributed by atoms with Crippen LogP contribution < -0.4 is 0 Å². The highest BCUT2D eigenvalue weighted by Crippen LogP contribution is 2.46. The second kappa shape index (κ2) is 1.56. The molecule has 4 saturated heterocycles. The smallest absolute Gasteiger partial charge is 0.107 e. The molecule has 0 aromatic carbocycles. The van der Waals surface area contributed by atoms with Gasteiger partial charge in [0.2, 0.25) is 0 Å². The summed E-state index contributed by atoms with van der Waals surface area (Å²) >= 11 is 0. The van der Waals surface area contributed by atoms with Gasteiger partial charge in [0.25, 0.3) is 0 Å². The van der Waals surface area contributed by atoms with Crippen molar-refractivity contribution in [3.63, 3.8) is 0 Å². The molecule has 4 heterocycles. The van der Waals surface area contributed by atoms with Gasteiger partial charge < -0.3 is 9.64 Å². The quantitative estimate of drug-likeness (QED) is 0.454. The molecule has 0 N–H and O–H groups in total. The van der Waals surface area contributed by atoms with E-state index in [0.29, 0.717) is 5.60 Å². The lowest BCUT2D eigenvalue weighted by molar-refractivity contribution is 0.0242. The maximum Gasteiger partial charge on any atom is 0.107 e. The lowest BCUT2D eigenvalue weighted by Gasteiger charge is -2.43. The highest BCUT2D eigenvalue weighted by atomic mass is 16.6. The molecule has 2 nitrogen and oxygen atoms in total. The molecule has 1 spiro atoms. The predicted molar refractivity (Wildman–Crippen MR) is 37.8 cm³/mol. The number of hydrogen-bond acceptors (Lipinski definition) is 2. The molecule has 2 bridgehead atoms. The summed E-state index contributed by atoms with van der Waals surface area (Å²) in [6.07, 6.45) is 2.78. The monoisotopic (exact) mass is 139 g/mol. The largest absolute Gasteiger partial charge is 0.368 e. The van der Waals surface area contributed by atoms with Crippen LogP contribution in [0.4, 0.5) is 0 Å². The van der Waals surface area contributed by atoms with Gasteiger partial charge in [0.1, 0.15) is 5.60 Å². The van der Waals surface area contributed by atoms with Crippen LogP contribution in [0.5, 0.6) is 0 Å².